The van der Waals surface area contributed by atoms with Gasteiger partial charge in [0.05, 0.1) is 0 Å². The number of hydrogen-bond acceptors (Lipinski definition) is 4. The van der Waals surface area contributed by atoms with E-state index in [1.54, 1.807) is 0 Å². The van der Waals surface area contributed by atoms with Crippen LogP contribution in [0.25, 0.3) is 0 Å². The van der Waals surface area contributed by atoms with Crippen molar-refractivity contribution in [1.29, 1.82) is 0 Å². The number of rotatable bonds is 4. The zero-order chi connectivity index (χ0) is 14.5. The summed E-state index contributed by atoms with van der Waals surface area (Å²) in [6.45, 7) is 0.269. The summed E-state index contributed by atoms with van der Waals surface area (Å²) < 4.78 is 5.42. The summed E-state index contributed by atoms with van der Waals surface area (Å²) in [5.74, 6) is -0.578. The third-order valence-corrected chi connectivity index (χ3v) is 2.55. The normalized spacial score (nSPS) is 10.0. The van der Waals surface area contributed by atoms with Crippen LogP contribution in [0.4, 0.5) is 10.5 Å². The van der Waals surface area contributed by atoms with Crippen molar-refractivity contribution in [2.24, 2.45) is 0 Å². The Hall–Kier alpha value is -2.89. The van der Waals surface area contributed by atoms with Gasteiger partial charge in [0.2, 0.25) is 0 Å². The summed E-state index contributed by atoms with van der Waals surface area (Å²) in [6.07, 6.45) is -1.38. The third kappa shape index (κ3) is 3.32. The molecule has 0 aromatic heterocycles. The van der Waals surface area contributed by atoms with Crippen LogP contribution in [0.5, 0.6) is 17.2 Å². The quantitative estimate of drug-likeness (QED) is 0.643. The van der Waals surface area contributed by atoms with Crippen molar-refractivity contribution in [3.63, 3.8) is 0 Å². The smallest absolute Gasteiger partial charge is 0.409 e. The minimum atomic E-state index is -1.38. The Morgan fingerprint density at radius 2 is 1.70 bits per heavy atom. The Bertz CT molecular complexity index is 589. The Morgan fingerprint density at radius 3 is 2.25 bits per heavy atom. The van der Waals surface area contributed by atoms with Crippen LogP contribution in [0.15, 0.2) is 42.5 Å². The minimum absolute atomic E-state index is 0.236. The molecule has 0 saturated carbocycles. The Kier molecular flexibility index (Phi) is 3.95. The fourth-order valence-corrected chi connectivity index (χ4v) is 1.65. The van der Waals surface area contributed by atoms with Gasteiger partial charge in [-0.15, -0.1) is 0 Å². The summed E-state index contributed by atoms with van der Waals surface area (Å²) in [4.78, 5) is 10.5. The molecule has 0 bridgehead atoms. The minimum Gasteiger partial charge on any atom is -0.505 e. The van der Waals surface area contributed by atoms with E-state index in [0.717, 1.165) is 5.56 Å². The molecule has 0 atom stereocenters. The van der Waals surface area contributed by atoms with Crippen LogP contribution in [0.2, 0.25) is 0 Å². The molecule has 0 aliphatic heterocycles. The molecule has 6 heteroatoms. The average molecular weight is 275 g/mol. The molecule has 0 aliphatic carbocycles. The van der Waals surface area contributed by atoms with Crippen molar-refractivity contribution in [3.05, 3.63) is 48.0 Å². The van der Waals surface area contributed by atoms with Gasteiger partial charge in [0.25, 0.3) is 0 Å². The maximum absolute atomic E-state index is 10.5. The van der Waals surface area contributed by atoms with Gasteiger partial charge in [-0.05, 0) is 5.56 Å². The first kappa shape index (κ1) is 13.5. The number of phenols is 2. The van der Waals surface area contributed by atoms with Gasteiger partial charge >= 0.3 is 6.09 Å². The van der Waals surface area contributed by atoms with Crippen molar-refractivity contribution >= 4 is 11.8 Å². The first-order chi connectivity index (χ1) is 9.56. The van der Waals surface area contributed by atoms with Gasteiger partial charge < -0.3 is 20.1 Å². The van der Waals surface area contributed by atoms with Gasteiger partial charge in [-0.3, -0.25) is 5.32 Å². The summed E-state index contributed by atoms with van der Waals surface area (Å²) in [5.41, 5.74) is 0.656. The highest BCUT2D eigenvalue weighted by Crippen LogP contribution is 2.37. The van der Waals surface area contributed by atoms with E-state index < -0.39 is 17.6 Å². The van der Waals surface area contributed by atoms with E-state index in [9.17, 15) is 15.0 Å². The molecule has 2 rings (SSSR count). The number of phenolic OH excluding ortho intramolecular Hbond substituents is 2. The Morgan fingerprint density at radius 1 is 1.10 bits per heavy atom. The van der Waals surface area contributed by atoms with Crippen LogP contribution in [0.3, 0.4) is 0 Å². The van der Waals surface area contributed by atoms with Crippen molar-refractivity contribution in [2.45, 2.75) is 6.61 Å². The van der Waals surface area contributed by atoms with E-state index in [0.29, 0.717) is 0 Å². The van der Waals surface area contributed by atoms with E-state index in [1.807, 2.05) is 35.6 Å². The predicted octanol–water partition coefficient (Wildman–Crippen LogP) is 2.77. The van der Waals surface area contributed by atoms with Crippen molar-refractivity contribution in [1.82, 2.24) is 0 Å². The highest BCUT2D eigenvalue weighted by atomic mass is 16.5. The number of nitrogens with one attached hydrogen (secondary N) is 1. The largest absolute Gasteiger partial charge is 0.505 e. The fourth-order valence-electron chi connectivity index (χ4n) is 1.65. The number of hydrogen-bond donors (Lipinski definition) is 4. The zero-order valence-electron chi connectivity index (χ0n) is 10.4. The number of amides is 1. The SMILES string of the molecule is O=C(O)Nc1c(O)cc(OCc2ccccc2)cc1O. The lowest BCUT2D eigenvalue weighted by molar-refractivity contribution is 0.209. The van der Waals surface area contributed by atoms with Gasteiger partial charge in [0.15, 0.2) is 0 Å². The molecule has 20 heavy (non-hydrogen) atoms. The summed E-state index contributed by atoms with van der Waals surface area (Å²) in [7, 11) is 0. The zero-order valence-corrected chi connectivity index (χ0v) is 10.4. The van der Waals surface area contributed by atoms with E-state index in [1.165, 1.54) is 12.1 Å². The lowest BCUT2D eigenvalue weighted by Gasteiger charge is -2.11. The lowest BCUT2D eigenvalue weighted by atomic mass is 10.2. The molecule has 0 unspecified atom stereocenters. The van der Waals surface area contributed by atoms with Gasteiger partial charge in [-0.1, -0.05) is 30.3 Å². The van der Waals surface area contributed by atoms with E-state index in [-0.39, 0.29) is 18.0 Å². The second kappa shape index (κ2) is 5.83. The maximum Gasteiger partial charge on any atom is 0.409 e. The monoisotopic (exact) mass is 275 g/mol. The Balaban J connectivity index is 2.12. The maximum atomic E-state index is 10.5. The second-order valence-corrected chi connectivity index (χ2v) is 4.04. The second-order valence-electron chi connectivity index (χ2n) is 4.04. The van der Waals surface area contributed by atoms with Gasteiger partial charge in [-0.2, -0.15) is 0 Å². The van der Waals surface area contributed by atoms with Crippen LogP contribution >= 0.6 is 0 Å². The lowest BCUT2D eigenvalue weighted by Crippen LogP contribution is -2.07. The number of carbonyl (C=O) groups is 1. The summed E-state index contributed by atoms with van der Waals surface area (Å²) in [6, 6.07) is 11.8. The summed E-state index contributed by atoms with van der Waals surface area (Å²) >= 11 is 0. The van der Waals surface area contributed by atoms with Crippen molar-refractivity contribution in [2.75, 3.05) is 5.32 Å². The predicted molar refractivity (Wildman–Crippen MR) is 72.2 cm³/mol. The number of aromatic hydroxyl groups is 2. The molecule has 2 aromatic carbocycles. The highest BCUT2D eigenvalue weighted by Gasteiger charge is 2.12. The van der Waals surface area contributed by atoms with Crippen LogP contribution < -0.4 is 10.1 Å². The standard InChI is InChI=1S/C14H13NO5/c16-11-6-10(7-12(17)13(11)15-14(18)19)20-8-9-4-2-1-3-5-9/h1-7,15-17H,8H2,(H,18,19). The molecule has 104 valence electrons. The molecule has 0 spiro atoms. The molecule has 1 amide bonds. The van der Waals surface area contributed by atoms with Crippen LogP contribution in [-0.4, -0.2) is 21.4 Å². The molecule has 0 radical (unpaired) electrons. The first-order valence-electron chi connectivity index (χ1n) is 5.79. The van der Waals surface area contributed by atoms with E-state index in [4.69, 9.17) is 9.84 Å². The molecule has 6 nitrogen and oxygen atoms in total. The topological polar surface area (TPSA) is 99.0 Å². The molecule has 2 aromatic rings. The van der Waals surface area contributed by atoms with Crippen LogP contribution in [-0.2, 0) is 6.61 Å². The molecule has 0 fully saturated rings. The average Bonchev–Trinajstić information content (AvgIpc) is 2.41. The molecule has 0 saturated heterocycles. The van der Waals surface area contributed by atoms with Gasteiger partial charge in [0.1, 0.15) is 29.5 Å². The number of ether oxygens (including phenoxy) is 1. The highest BCUT2D eigenvalue weighted by molar-refractivity contribution is 5.88. The van der Waals surface area contributed by atoms with Crippen molar-refractivity contribution in [3.8, 4) is 17.2 Å². The number of benzene rings is 2. The van der Waals surface area contributed by atoms with E-state index in [2.05, 4.69) is 0 Å². The molecule has 0 aliphatic rings. The molecule has 0 heterocycles. The van der Waals surface area contributed by atoms with E-state index >= 15 is 0 Å². The van der Waals surface area contributed by atoms with Crippen LogP contribution in [0, 0.1) is 0 Å². The Labute approximate surface area is 114 Å². The third-order valence-electron chi connectivity index (χ3n) is 2.55. The van der Waals surface area contributed by atoms with Gasteiger partial charge in [0, 0.05) is 12.1 Å². The summed E-state index contributed by atoms with van der Waals surface area (Å²) in [5, 5.41) is 29.8. The first-order valence-corrected chi connectivity index (χ1v) is 5.79. The fraction of sp³-hybridized carbons (Fsp3) is 0.0714. The van der Waals surface area contributed by atoms with Gasteiger partial charge in [-0.25, -0.2) is 4.79 Å². The molecule has 4 N–H and O–H groups in total. The van der Waals surface area contributed by atoms with Crippen molar-refractivity contribution < 1.29 is 24.9 Å². The number of anilines is 1. The molecular weight excluding hydrogens is 262 g/mol. The number of carboxylic acid groups (broad SMARTS) is 1. The van der Waals surface area contributed by atoms with Crippen LogP contribution in [0.1, 0.15) is 5.56 Å². The molecular formula is C14H13NO5.